The molecule has 0 saturated carbocycles. The topological polar surface area (TPSA) is 74.6 Å². The number of phenols is 2. The molecule has 0 spiro atoms. The third kappa shape index (κ3) is 4.62. The van der Waals surface area contributed by atoms with Crippen molar-refractivity contribution in [2.75, 3.05) is 0 Å². The Morgan fingerprint density at radius 1 is 0.607 bits per heavy atom. The summed E-state index contributed by atoms with van der Waals surface area (Å²) in [7, 11) is 0. The van der Waals surface area contributed by atoms with Gasteiger partial charge in [0.1, 0.15) is 11.5 Å². The van der Waals surface area contributed by atoms with E-state index in [1.807, 2.05) is 0 Å². The zero-order valence-electron chi connectivity index (χ0n) is 14.9. The third-order valence-electron chi connectivity index (χ3n) is 4.13. The number of hydrogen-bond acceptors (Lipinski definition) is 4. The molecular formula is C24H18O4. The molecule has 0 fully saturated rings. The van der Waals surface area contributed by atoms with Crippen molar-refractivity contribution in [1.29, 1.82) is 0 Å². The Balaban J connectivity index is 1.76. The molecule has 0 aromatic heterocycles. The summed E-state index contributed by atoms with van der Waals surface area (Å²) in [6.45, 7) is 0. The SMILES string of the molecule is O=C(/C=C\c1ccccc1O)c1cccc(C(=O)/C=C/c2ccccc2O)c1. The second-order valence-corrected chi connectivity index (χ2v) is 6.09. The van der Waals surface area contributed by atoms with Crippen molar-refractivity contribution >= 4 is 23.7 Å². The van der Waals surface area contributed by atoms with Gasteiger partial charge >= 0.3 is 0 Å². The highest BCUT2D eigenvalue weighted by Gasteiger charge is 2.08. The number of hydrogen-bond donors (Lipinski definition) is 2. The van der Waals surface area contributed by atoms with Crippen LogP contribution in [0, 0.1) is 0 Å². The first-order valence-corrected chi connectivity index (χ1v) is 8.65. The maximum Gasteiger partial charge on any atom is 0.185 e. The first-order valence-electron chi connectivity index (χ1n) is 8.65. The molecule has 4 heteroatoms. The molecule has 0 bridgehead atoms. The van der Waals surface area contributed by atoms with Gasteiger partial charge in [-0.15, -0.1) is 0 Å². The molecule has 0 amide bonds. The van der Waals surface area contributed by atoms with Gasteiger partial charge in [0.05, 0.1) is 0 Å². The van der Waals surface area contributed by atoms with Crippen molar-refractivity contribution in [3.8, 4) is 11.5 Å². The van der Waals surface area contributed by atoms with Crippen molar-refractivity contribution in [2.45, 2.75) is 0 Å². The molecule has 2 N–H and O–H groups in total. The number of carbonyl (C=O) groups is 2. The Bertz CT molecular complexity index is 994. The summed E-state index contributed by atoms with van der Waals surface area (Å²) in [5.41, 5.74) is 1.81. The lowest BCUT2D eigenvalue weighted by atomic mass is 10.0. The van der Waals surface area contributed by atoms with Crippen molar-refractivity contribution in [3.63, 3.8) is 0 Å². The molecule has 4 nitrogen and oxygen atoms in total. The minimum absolute atomic E-state index is 0.0878. The number of phenolic OH excluding ortho intramolecular Hbond substituents is 2. The van der Waals surface area contributed by atoms with Gasteiger partial charge in [0.25, 0.3) is 0 Å². The molecule has 0 aliphatic heterocycles. The summed E-state index contributed by atoms with van der Waals surface area (Å²) in [6, 6.07) is 19.8. The molecule has 3 rings (SSSR count). The number of benzene rings is 3. The van der Waals surface area contributed by atoms with Crippen molar-refractivity contribution in [2.24, 2.45) is 0 Å². The van der Waals surface area contributed by atoms with Gasteiger partial charge in [-0.2, -0.15) is 0 Å². The molecule has 0 atom stereocenters. The molecule has 0 saturated heterocycles. The first-order chi connectivity index (χ1) is 13.5. The highest BCUT2D eigenvalue weighted by atomic mass is 16.3. The maximum absolute atomic E-state index is 12.4. The number of rotatable bonds is 6. The van der Waals surface area contributed by atoms with Crippen LogP contribution in [0.3, 0.4) is 0 Å². The van der Waals surface area contributed by atoms with Crippen LogP contribution >= 0.6 is 0 Å². The minimum atomic E-state index is -0.275. The van der Waals surface area contributed by atoms with Gasteiger partial charge in [0.2, 0.25) is 0 Å². The van der Waals surface area contributed by atoms with E-state index in [1.54, 1.807) is 66.7 Å². The molecular weight excluding hydrogens is 352 g/mol. The highest BCUT2D eigenvalue weighted by Crippen LogP contribution is 2.19. The summed E-state index contributed by atoms with van der Waals surface area (Å²) in [5.74, 6) is -0.375. The lowest BCUT2D eigenvalue weighted by Gasteiger charge is -2.01. The second-order valence-electron chi connectivity index (χ2n) is 6.09. The van der Waals surface area contributed by atoms with Gasteiger partial charge in [-0.05, 0) is 42.5 Å². The fourth-order valence-electron chi connectivity index (χ4n) is 2.61. The van der Waals surface area contributed by atoms with Crippen molar-refractivity contribution in [3.05, 3.63) is 107 Å². The van der Waals surface area contributed by atoms with E-state index >= 15 is 0 Å². The summed E-state index contributed by atoms with van der Waals surface area (Å²) >= 11 is 0. The molecule has 0 heterocycles. The van der Waals surface area contributed by atoms with Gasteiger partial charge in [-0.25, -0.2) is 0 Å². The Kier molecular flexibility index (Phi) is 5.82. The van der Waals surface area contributed by atoms with Crippen LogP contribution in [0.25, 0.3) is 12.2 Å². The molecule has 0 aliphatic carbocycles. The predicted octanol–water partition coefficient (Wildman–Crippen LogP) is 4.89. The summed E-state index contributed by atoms with van der Waals surface area (Å²) in [4.78, 5) is 24.8. The fraction of sp³-hybridized carbons (Fsp3) is 0. The average molecular weight is 370 g/mol. The smallest absolute Gasteiger partial charge is 0.185 e. The molecule has 0 radical (unpaired) electrons. The van der Waals surface area contributed by atoms with Crippen LogP contribution < -0.4 is 0 Å². The van der Waals surface area contributed by atoms with Crippen LogP contribution in [0.5, 0.6) is 11.5 Å². The van der Waals surface area contributed by atoms with Crippen LogP contribution in [0.4, 0.5) is 0 Å². The zero-order valence-corrected chi connectivity index (χ0v) is 14.9. The van der Waals surface area contributed by atoms with E-state index in [0.717, 1.165) is 0 Å². The number of allylic oxidation sites excluding steroid dienone is 2. The van der Waals surface area contributed by atoms with Gasteiger partial charge in [-0.1, -0.05) is 54.6 Å². The number of ketones is 2. The lowest BCUT2D eigenvalue weighted by molar-refractivity contribution is 0.104. The summed E-state index contributed by atoms with van der Waals surface area (Å²) < 4.78 is 0. The minimum Gasteiger partial charge on any atom is -0.507 e. The molecule has 3 aromatic carbocycles. The van der Waals surface area contributed by atoms with Gasteiger partial charge in [-0.3, -0.25) is 9.59 Å². The van der Waals surface area contributed by atoms with Gasteiger partial charge < -0.3 is 10.2 Å². The van der Waals surface area contributed by atoms with Crippen LogP contribution in [-0.2, 0) is 0 Å². The Hall–Kier alpha value is -3.92. The quantitative estimate of drug-likeness (QED) is 0.478. The maximum atomic E-state index is 12.4. The van der Waals surface area contributed by atoms with E-state index in [-0.39, 0.29) is 23.1 Å². The number of carbonyl (C=O) groups excluding carboxylic acids is 2. The number of para-hydroxylation sites is 2. The Morgan fingerprint density at radius 3 is 1.46 bits per heavy atom. The number of aromatic hydroxyl groups is 2. The van der Waals surface area contributed by atoms with E-state index in [2.05, 4.69) is 0 Å². The monoisotopic (exact) mass is 370 g/mol. The first kappa shape index (κ1) is 18.9. The zero-order chi connectivity index (χ0) is 19.9. The standard InChI is InChI=1S/C24H18O4/c25-21-10-3-1-6-17(21)12-14-23(27)19-8-5-9-20(16-19)24(28)15-13-18-7-2-4-11-22(18)26/h1-16,25-26H/b14-12-,15-13+. The van der Waals surface area contributed by atoms with Crippen LogP contribution in [0.2, 0.25) is 0 Å². The molecule has 0 unspecified atom stereocenters. The lowest BCUT2D eigenvalue weighted by Crippen LogP contribution is -1.99. The largest absolute Gasteiger partial charge is 0.507 e. The van der Waals surface area contributed by atoms with Crippen molar-refractivity contribution in [1.82, 2.24) is 0 Å². The van der Waals surface area contributed by atoms with Gasteiger partial charge in [0, 0.05) is 22.3 Å². The third-order valence-corrected chi connectivity index (χ3v) is 4.13. The molecule has 3 aromatic rings. The fourth-order valence-corrected chi connectivity index (χ4v) is 2.61. The molecule has 0 aliphatic rings. The second kappa shape index (κ2) is 8.64. The Labute approximate surface area is 162 Å². The average Bonchev–Trinajstić information content (AvgIpc) is 2.72. The van der Waals surface area contributed by atoms with E-state index in [0.29, 0.717) is 22.3 Å². The Morgan fingerprint density at radius 2 is 1.04 bits per heavy atom. The van der Waals surface area contributed by atoms with Gasteiger partial charge in [0.15, 0.2) is 11.6 Å². The summed E-state index contributed by atoms with van der Waals surface area (Å²) in [5, 5.41) is 19.5. The van der Waals surface area contributed by atoms with Crippen LogP contribution in [0.15, 0.2) is 84.9 Å². The van der Waals surface area contributed by atoms with E-state index in [1.165, 1.54) is 30.4 Å². The predicted molar refractivity (Wildman–Crippen MR) is 109 cm³/mol. The summed E-state index contributed by atoms with van der Waals surface area (Å²) in [6.07, 6.45) is 5.78. The van der Waals surface area contributed by atoms with E-state index in [4.69, 9.17) is 0 Å². The van der Waals surface area contributed by atoms with Crippen LogP contribution in [-0.4, -0.2) is 21.8 Å². The molecule has 138 valence electrons. The van der Waals surface area contributed by atoms with Crippen molar-refractivity contribution < 1.29 is 19.8 Å². The van der Waals surface area contributed by atoms with Crippen LogP contribution in [0.1, 0.15) is 31.8 Å². The highest BCUT2D eigenvalue weighted by molar-refractivity contribution is 6.11. The van der Waals surface area contributed by atoms with E-state index in [9.17, 15) is 19.8 Å². The molecule has 28 heavy (non-hydrogen) atoms. The van der Waals surface area contributed by atoms with E-state index < -0.39 is 0 Å². The normalized spacial score (nSPS) is 11.1.